The molecule has 0 unspecified atom stereocenters. The van der Waals surface area contributed by atoms with Gasteiger partial charge >= 0.3 is 11.9 Å². The standard InChI is InChI=1S/C12H22O4.C2H6O.H3N/c13-11(14)9-7-5-3-1-2-4-6-8-10-12(15)16;1-2-3;/h1-10H2,(H,13,14)(H,15,16);3H,2H2,1H3;1H3. The van der Waals surface area contributed by atoms with Gasteiger partial charge < -0.3 is 21.5 Å². The van der Waals surface area contributed by atoms with E-state index in [1.165, 1.54) is 0 Å². The van der Waals surface area contributed by atoms with Crippen molar-refractivity contribution in [2.45, 2.75) is 71.1 Å². The summed E-state index contributed by atoms with van der Waals surface area (Å²) in [6.07, 6.45) is 8.51. The first-order valence-electron chi connectivity index (χ1n) is 7.09. The molecule has 0 radical (unpaired) electrons. The van der Waals surface area contributed by atoms with Gasteiger partial charge in [-0.3, -0.25) is 9.59 Å². The maximum atomic E-state index is 10.2. The zero-order valence-electron chi connectivity index (χ0n) is 12.6. The van der Waals surface area contributed by atoms with E-state index in [-0.39, 0.29) is 25.6 Å². The largest absolute Gasteiger partial charge is 0.481 e. The summed E-state index contributed by atoms with van der Waals surface area (Å²) >= 11 is 0. The van der Waals surface area contributed by atoms with Crippen molar-refractivity contribution >= 4 is 11.9 Å². The Labute approximate surface area is 121 Å². The van der Waals surface area contributed by atoms with Gasteiger partial charge in [-0.2, -0.15) is 0 Å². The fourth-order valence-electron chi connectivity index (χ4n) is 1.61. The van der Waals surface area contributed by atoms with Crippen LogP contribution in [0, 0.1) is 0 Å². The molecule has 0 aliphatic carbocycles. The molecular formula is C14H31NO5. The van der Waals surface area contributed by atoms with Crippen LogP contribution in [-0.2, 0) is 9.59 Å². The topological polar surface area (TPSA) is 130 Å². The highest BCUT2D eigenvalue weighted by atomic mass is 16.4. The van der Waals surface area contributed by atoms with Crippen LogP contribution >= 0.6 is 0 Å². The predicted molar refractivity (Wildman–Crippen MR) is 79.2 cm³/mol. The van der Waals surface area contributed by atoms with E-state index < -0.39 is 11.9 Å². The van der Waals surface area contributed by atoms with E-state index in [1.807, 2.05) is 0 Å². The Kier molecular flexibility index (Phi) is 24.1. The fourth-order valence-corrected chi connectivity index (χ4v) is 1.61. The lowest BCUT2D eigenvalue weighted by molar-refractivity contribution is -0.138. The molecule has 0 saturated heterocycles. The molecule has 20 heavy (non-hydrogen) atoms. The Morgan fingerprint density at radius 3 is 1.10 bits per heavy atom. The van der Waals surface area contributed by atoms with Gasteiger partial charge in [0.05, 0.1) is 0 Å². The summed E-state index contributed by atoms with van der Waals surface area (Å²) in [4.78, 5) is 20.4. The maximum Gasteiger partial charge on any atom is 0.303 e. The number of hydrogen-bond acceptors (Lipinski definition) is 4. The minimum Gasteiger partial charge on any atom is -0.481 e. The molecule has 0 fully saturated rings. The van der Waals surface area contributed by atoms with Gasteiger partial charge in [-0.15, -0.1) is 0 Å². The lowest BCUT2D eigenvalue weighted by Gasteiger charge is -2.00. The van der Waals surface area contributed by atoms with Gasteiger partial charge in [0.2, 0.25) is 0 Å². The minimum absolute atomic E-state index is 0. The van der Waals surface area contributed by atoms with Gasteiger partial charge in [0, 0.05) is 19.4 Å². The lowest BCUT2D eigenvalue weighted by Crippen LogP contribution is -1.94. The van der Waals surface area contributed by atoms with E-state index in [9.17, 15) is 9.59 Å². The number of aliphatic hydroxyl groups is 1. The van der Waals surface area contributed by atoms with Gasteiger partial charge in [-0.25, -0.2) is 0 Å². The van der Waals surface area contributed by atoms with Crippen molar-refractivity contribution in [1.82, 2.24) is 6.15 Å². The second-order valence-electron chi connectivity index (χ2n) is 4.43. The highest BCUT2D eigenvalue weighted by molar-refractivity contribution is 5.66. The summed E-state index contributed by atoms with van der Waals surface area (Å²) in [6.45, 7) is 1.93. The van der Waals surface area contributed by atoms with Gasteiger partial charge in [0.1, 0.15) is 0 Å². The first-order valence-corrected chi connectivity index (χ1v) is 7.09. The minimum atomic E-state index is -0.714. The van der Waals surface area contributed by atoms with E-state index >= 15 is 0 Å². The summed E-state index contributed by atoms with van der Waals surface area (Å²) in [7, 11) is 0. The molecule has 0 aliphatic rings. The summed E-state index contributed by atoms with van der Waals surface area (Å²) in [5.41, 5.74) is 0. The summed E-state index contributed by atoms with van der Waals surface area (Å²) in [5.74, 6) is -1.43. The molecule has 0 saturated carbocycles. The maximum absolute atomic E-state index is 10.2. The molecule has 6 heteroatoms. The molecule has 0 spiro atoms. The van der Waals surface area contributed by atoms with Crippen molar-refractivity contribution in [3.63, 3.8) is 0 Å². The van der Waals surface area contributed by atoms with Crippen LogP contribution in [0.5, 0.6) is 0 Å². The fraction of sp³-hybridized carbons (Fsp3) is 0.857. The van der Waals surface area contributed by atoms with Gasteiger partial charge in [0.15, 0.2) is 0 Å². The summed E-state index contributed by atoms with van der Waals surface area (Å²) < 4.78 is 0. The normalized spacial score (nSPS) is 9.10. The van der Waals surface area contributed by atoms with Crippen LogP contribution in [0.25, 0.3) is 0 Å². The van der Waals surface area contributed by atoms with Crippen LogP contribution in [0.4, 0.5) is 0 Å². The van der Waals surface area contributed by atoms with Crippen molar-refractivity contribution in [2.75, 3.05) is 6.61 Å². The molecule has 6 N–H and O–H groups in total. The second kappa shape index (κ2) is 20.2. The summed E-state index contributed by atoms with van der Waals surface area (Å²) in [5, 5.41) is 24.4. The van der Waals surface area contributed by atoms with Crippen molar-refractivity contribution in [3.05, 3.63) is 0 Å². The molecule has 0 heterocycles. The first-order chi connectivity index (χ1) is 9.04. The predicted octanol–water partition coefficient (Wildman–Crippen LogP) is 3.22. The van der Waals surface area contributed by atoms with Crippen molar-refractivity contribution in [2.24, 2.45) is 0 Å². The van der Waals surface area contributed by atoms with Gasteiger partial charge in [-0.1, -0.05) is 38.5 Å². The van der Waals surface area contributed by atoms with Crippen LogP contribution in [0.1, 0.15) is 71.1 Å². The number of rotatable bonds is 11. The average molecular weight is 293 g/mol. The molecule has 0 rings (SSSR count). The molecule has 0 bridgehead atoms. The van der Waals surface area contributed by atoms with E-state index in [1.54, 1.807) is 6.92 Å². The summed E-state index contributed by atoms with van der Waals surface area (Å²) in [6, 6.07) is 0. The highest BCUT2D eigenvalue weighted by Crippen LogP contribution is 2.10. The third-order valence-electron chi connectivity index (χ3n) is 2.53. The number of unbranched alkanes of at least 4 members (excludes halogenated alkanes) is 7. The Hall–Kier alpha value is -1.14. The average Bonchev–Trinajstić information content (AvgIpc) is 2.32. The molecule has 122 valence electrons. The van der Waals surface area contributed by atoms with Gasteiger partial charge in [0.25, 0.3) is 0 Å². The molecular weight excluding hydrogens is 262 g/mol. The molecule has 0 aliphatic heterocycles. The van der Waals surface area contributed by atoms with Crippen molar-refractivity contribution in [3.8, 4) is 0 Å². The molecule has 0 amide bonds. The Morgan fingerprint density at radius 2 is 0.900 bits per heavy atom. The smallest absolute Gasteiger partial charge is 0.303 e. The third kappa shape index (κ3) is 30.2. The Morgan fingerprint density at radius 1 is 0.700 bits per heavy atom. The zero-order valence-corrected chi connectivity index (χ0v) is 12.6. The first kappa shape index (κ1) is 23.9. The zero-order chi connectivity index (χ0) is 14.9. The molecule has 0 aromatic carbocycles. The molecule has 6 nitrogen and oxygen atoms in total. The number of aliphatic carboxylic acids is 2. The molecule has 0 atom stereocenters. The number of hydrogen-bond donors (Lipinski definition) is 4. The van der Waals surface area contributed by atoms with E-state index in [4.69, 9.17) is 15.3 Å². The van der Waals surface area contributed by atoms with Crippen LogP contribution in [0.2, 0.25) is 0 Å². The van der Waals surface area contributed by atoms with E-state index in [2.05, 4.69) is 0 Å². The van der Waals surface area contributed by atoms with E-state index in [0.717, 1.165) is 51.4 Å². The van der Waals surface area contributed by atoms with Crippen LogP contribution in [-0.4, -0.2) is 33.9 Å². The lowest BCUT2D eigenvalue weighted by atomic mass is 10.1. The third-order valence-corrected chi connectivity index (χ3v) is 2.53. The van der Waals surface area contributed by atoms with Crippen molar-refractivity contribution < 1.29 is 24.9 Å². The Bertz CT molecular complexity index is 200. The van der Waals surface area contributed by atoms with Crippen LogP contribution in [0.3, 0.4) is 0 Å². The number of carbonyl (C=O) groups is 2. The monoisotopic (exact) mass is 293 g/mol. The second-order valence-corrected chi connectivity index (χ2v) is 4.43. The van der Waals surface area contributed by atoms with E-state index in [0.29, 0.717) is 0 Å². The van der Waals surface area contributed by atoms with Crippen LogP contribution in [0.15, 0.2) is 0 Å². The van der Waals surface area contributed by atoms with Crippen LogP contribution < -0.4 is 6.15 Å². The van der Waals surface area contributed by atoms with Crippen molar-refractivity contribution in [1.29, 1.82) is 0 Å². The number of aliphatic hydroxyl groups excluding tert-OH is 1. The number of carboxylic acids is 2. The van der Waals surface area contributed by atoms with Gasteiger partial charge in [-0.05, 0) is 19.8 Å². The Balaban J connectivity index is -0.000000657. The molecule has 0 aromatic heterocycles. The number of carboxylic acid groups (broad SMARTS) is 2. The SMILES string of the molecule is CCO.N.O=C(O)CCCCCCCCCCC(=O)O. The molecule has 0 aromatic rings. The quantitative estimate of drug-likeness (QED) is 0.433. The highest BCUT2D eigenvalue weighted by Gasteiger charge is 1.98.